The Balaban J connectivity index is 1.11. The van der Waals surface area contributed by atoms with E-state index in [1.807, 2.05) is 13.8 Å². The lowest BCUT2D eigenvalue weighted by atomic mass is 9.56. The summed E-state index contributed by atoms with van der Waals surface area (Å²) in [5.74, 6) is 3.10. The van der Waals surface area contributed by atoms with Crippen molar-refractivity contribution in [3.05, 3.63) is 0 Å². The number of nitrogens with zero attached hydrogens (tertiary/aromatic N) is 1. The summed E-state index contributed by atoms with van der Waals surface area (Å²) in [5, 5.41) is 4.69. The molecule has 0 aromatic carbocycles. The van der Waals surface area contributed by atoms with E-state index < -0.39 is 35.4 Å². The lowest BCUT2D eigenvalue weighted by Crippen LogP contribution is -2.71. The molecular formula is C35H51NO9. The number of fused-ring (bicyclic) bond motifs is 4. The van der Waals surface area contributed by atoms with Gasteiger partial charge >= 0.3 is 0 Å². The number of oxime groups is 1. The van der Waals surface area contributed by atoms with Crippen molar-refractivity contribution >= 4 is 5.71 Å². The predicted octanol–water partition coefficient (Wildman–Crippen LogP) is 5.88. The molecule has 0 aromatic rings. The highest BCUT2D eigenvalue weighted by Gasteiger charge is 2.71. The summed E-state index contributed by atoms with van der Waals surface area (Å²) >= 11 is 0. The normalized spacial score (nSPS) is 56.8. The molecule has 0 radical (unpaired) electrons. The topological polar surface area (TPSA) is 95.4 Å². The Kier molecular flexibility index (Phi) is 7.48. The van der Waals surface area contributed by atoms with Gasteiger partial charge in [-0.3, -0.25) is 0 Å². The smallest absolute Gasteiger partial charge is 0.201 e. The molecule has 2 unspecified atom stereocenters. The Hall–Kier alpha value is -1.29. The van der Waals surface area contributed by atoms with Crippen LogP contribution in [-0.4, -0.2) is 59.9 Å². The molecule has 10 fully saturated rings. The fraction of sp³-hybridized carbons (Fsp3) is 0.914. The average molecular weight is 630 g/mol. The Morgan fingerprint density at radius 1 is 0.733 bits per heavy atom. The van der Waals surface area contributed by atoms with Gasteiger partial charge in [-0.1, -0.05) is 38.8 Å². The summed E-state index contributed by atoms with van der Waals surface area (Å²) in [5.41, 5.74) is -0.479. The predicted molar refractivity (Wildman–Crippen MR) is 160 cm³/mol. The standard InChI is InChI=1S/C35H51NO9/c1-8-17-37-36-27(29-22(5)26-12-10-20(3)24-14-16-33(7)41-31(39-29)35(24,26)45-43-33)18-28-21(4)25-11-9-19(2)23-13-15-32(6)40-30(38-28)34(23,25)44-42-32/h1,19-26,28-31H,9-18H2,2-7H3/b36-27-/t19-,20-,21-,22-,23+,24+,25+,26+,28-,29+,30-,31-,32+,33+,34?,35?/m1/s1. The van der Waals surface area contributed by atoms with Crippen LogP contribution in [0.25, 0.3) is 0 Å². The van der Waals surface area contributed by atoms with Crippen LogP contribution in [0.15, 0.2) is 5.16 Å². The Morgan fingerprint density at radius 3 is 1.87 bits per heavy atom. The third-order valence-electron chi connectivity index (χ3n) is 13.5. The molecule has 8 heterocycles. The molecule has 45 heavy (non-hydrogen) atoms. The van der Waals surface area contributed by atoms with Gasteiger partial charge in [-0.25, -0.2) is 19.6 Å². The van der Waals surface area contributed by atoms with Gasteiger partial charge < -0.3 is 23.8 Å². The highest BCUT2D eigenvalue weighted by Crippen LogP contribution is 2.63. The van der Waals surface area contributed by atoms with Crippen LogP contribution in [-0.2, 0) is 43.3 Å². The van der Waals surface area contributed by atoms with Crippen LogP contribution in [0.1, 0.15) is 99.3 Å². The van der Waals surface area contributed by atoms with Crippen LogP contribution in [0, 0.1) is 59.7 Å². The highest BCUT2D eigenvalue weighted by atomic mass is 17.3. The molecule has 8 aliphatic heterocycles. The van der Waals surface area contributed by atoms with Gasteiger partial charge in [-0.15, -0.1) is 6.42 Å². The number of hydrogen-bond acceptors (Lipinski definition) is 10. The lowest BCUT2D eigenvalue weighted by molar-refractivity contribution is -0.571. The Morgan fingerprint density at radius 2 is 1.29 bits per heavy atom. The van der Waals surface area contributed by atoms with E-state index in [1.165, 1.54) is 0 Å². The minimum absolute atomic E-state index is 0.0741. The van der Waals surface area contributed by atoms with Gasteiger partial charge in [0, 0.05) is 31.1 Å². The van der Waals surface area contributed by atoms with Gasteiger partial charge in [0.05, 0.1) is 11.8 Å². The van der Waals surface area contributed by atoms with Gasteiger partial charge in [0.2, 0.25) is 11.6 Å². The molecule has 2 aliphatic carbocycles. The zero-order chi connectivity index (χ0) is 31.4. The molecule has 250 valence electrons. The molecule has 2 saturated carbocycles. The first-order valence-corrected chi connectivity index (χ1v) is 17.6. The Labute approximate surface area is 267 Å². The molecule has 2 spiro atoms. The van der Waals surface area contributed by atoms with Crippen molar-refractivity contribution in [1.29, 1.82) is 0 Å². The van der Waals surface area contributed by atoms with Crippen LogP contribution in [0.5, 0.6) is 0 Å². The van der Waals surface area contributed by atoms with Crippen molar-refractivity contribution in [1.82, 2.24) is 0 Å². The monoisotopic (exact) mass is 629 g/mol. The summed E-state index contributed by atoms with van der Waals surface area (Å²) in [6, 6.07) is 0. The van der Waals surface area contributed by atoms with Gasteiger partial charge in [-0.2, -0.15) is 0 Å². The van der Waals surface area contributed by atoms with Crippen LogP contribution in [0.4, 0.5) is 0 Å². The van der Waals surface area contributed by atoms with Crippen molar-refractivity contribution in [2.75, 3.05) is 6.61 Å². The maximum Gasteiger partial charge on any atom is 0.201 e. The first kappa shape index (κ1) is 31.0. The van der Waals surface area contributed by atoms with E-state index in [1.54, 1.807) is 0 Å². The SMILES string of the molecule is C#CCO/N=C(/C[C@H]1O[C@@H]2O[C@]3(C)CC[C@H]4[C@H](C)CC[C@@H]([C@H]1C)C24OO3)[C@H]1O[C@@H]2O[C@]3(C)CC[C@H]4[C@H](C)CC[C@@H]([C@H]1C)C24OO3. The zero-order valence-electron chi connectivity index (χ0n) is 27.7. The Bertz CT molecular complexity index is 1240. The van der Waals surface area contributed by atoms with Crippen molar-refractivity contribution in [2.24, 2.45) is 52.5 Å². The van der Waals surface area contributed by atoms with E-state index in [9.17, 15) is 0 Å². The number of ether oxygens (including phenoxy) is 4. The van der Waals surface area contributed by atoms with Gasteiger partial charge in [0.1, 0.15) is 6.10 Å². The van der Waals surface area contributed by atoms with Crippen molar-refractivity contribution in [3.8, 4) is 12.3 Å². The van der Waals surface area contributed by atoms with E-state index in [2.05, 4.69) is 33.6 Å². The number of terminal acetylenes is 1. The first-order valence-electron chi connectivity index (χ1n) is 17.6. The molecule has 16 atom stereocenters. The quantitative estimate of drug-likeness (QED) is 0.121. The van der Waals surface area contributed by atoms with Crippen molar-refractivity contribution in [2.45, 2.75) is 147 Å². The van der Waals surface area contributed by atoms with Crippen LogP contribution in [0.3, 0.4) is 0 Å². The largest absolute Gasteiger partial charge is 0.383 e. The van der Waals surface area contributed by atoms with Crippen LogP contribution < -0.4 is 0 Å². The van der Waals surface area contributed by atoms with Gasteiger partial charge in [0.25, 0.3) is 0 Å². The maximum atomic E-state index is 6.99. The minimum Gasteiger partial charge on any atom is -0.383 e. The van der Waals surface area contributed by atoms with Crippen molar-refractivity contribution < 1.29 is 43.3 Å². The summed E-state index contributed by atoms with van der Waals surface area (Å²) in [7, 11) is 0. The molecular weight excluding hydrogens is 578 g/mol. The molecule has 10 aliphatic rings. The molecule has 0 aromatic heterocycles. The molecule has 8 saturated heterocycles. The van der Waals surface area contributed by atoms with E-state index in [-0.39, 0.29) is 48.4 Å². The summed E-state index contributed by atoms with van der Waals surface area (Å²) in [6.07, 6.45) is 12.3. The van der Waals surface area contributed by atoms with E-state index >= 15 is 0 Å². The molecule has 4 bridgehead atoms. The van der Waals surface area contributed by atoms with Crippen LogP contribution >= 0.6 is 0 Å². The second kappa shape index (κ2) is 10.9. The second-order valence-corrected chi connectivity index (χ2v) is 16.0. The average Bonchev–Trinajstić information content (AvgIpc) is 3.38. The molecule has 10 heteroatoms. The second-order valence-electron chi connectivity index (χ2n) is 16.0. The maximum absolute atomic E-state index is 6.99. The number of rotatable bonds is 5. The minimum atomic E-state index is -0.849. The fourth-order valence-corrected chi connectivity index (χ4v) is 11.1. The lowest BCUT2D eigenvalue weighted by Gasteiger charge is -2.61. The summed E-state index contributed by atoms with van der Waals surface area (Å²) in [4.78, 5) is 30.6. The molecule has 10 rings (SSSR count). The fourth-order valence-electron chi connectivity index (χ4n) is 11.1. The van der Waals surface area contributed by atoms with Gasteiger partial charge in [-0.05, 0) is 87.9 Å². The summed E-state index contributed by atoms with van der Waals surface area (Å²) in [6.45, 7) is 13.2. The van der Waals surface area contributed by atoms with Gasteiger partial charge in [0.15, 0.2) is 30.4 Å². The van der Waals surface area contributed by atoms with Crippen molar-refractivity contribution in [3.63, 3.8) is 0 Å². The number of hydrogen-bond donors (Lipinski definition) is 0. The highest BCUT2D eigenvalue weighted by molar-refractivity contribution is 5.89. The molecule has 0 N–H and O–H groups in total. The third-order valence-corrected chi connectivity index (χ3v) is 13.5. The van der Waals surface area contributed by atoms with E-state index in [0.29, 0.717) is 24.2 Å². The third kappa shape index (κ3) is 4.48. The molecule has 10 nitrogen and oxygen atoms in total. The van der Waals surface area contributed by atoms with E-state index in [4.69, 9.17) is 54.9 Å². The van der Waals surface area contributed by atoms with Crippen LogP contribution in [0.2, 0.25) is 0 Å². The summed E-state index contributed by atoms with van der Waals surface area (Å²) < 4.78 is 27.3. The first-order chi connectivity index (χ1) is 21.5. The zero-order valence-corrected chi connectivity index (χ0v) is 27.7. The molecule has 0 amide bonds. The van der Waals surface area contributed by atoms with E-state index in [0.717, 1.165) is 57.1 Å².